The lowest BCUT2D eigenvalue weighted by atomic mass is 10.1. The van der Waals surface area contributed by atoms with Gasteiger partial charge in [0.25, 0.3) is 0 Å². The highest BCUT2D eigenvalue weighted by Crippen LogP contribution is 2.27. The molecule has 0 unspecified atom stereocenters. The van der Waals surface area contributed by atoms with Crippen molar-refractivity contribution in [3.63, 3.8) is 0 Å². The molecular formula is C13H20N2O3. The number of carboxylic acid groups (broad SMARTS) is 1. The Morgan fingerprint density at radius 3 is 2.72 bits per heavy atom. The van der Waals surface area contributed by atoms with E-state index in [0.29, 0.717) is 37.7 Å². The van der Waals surface area contributed by atoms with E-state index in [2.05, 4.69) is 0 Å². The Morgan fingerprint density at radius 1 is 1.44 bits per heavy atom. The van der Waals surface area contributed by atoms with Crippen molar-refractivity contribution in [2.24, 2.45) is 0 Å². The molecule has 0 saturated heterocycles. The summed E-state index contributed by atoms with van der Waals surface area (Å²) >= 11 is 0. The van der Waals surface area contributed by atoms with Gasteiger partial charge < -0.3 is 20.5 Å². The molecule has 1 rings (SSSR count). The highest BCUT2D eigenvalue weighted by atomic mass is 16.5. The summed E-state index contributed by atoms with van der Waals surface area (Å²) in [7, 11) is 0. The molecule has 0 saturated carbocycles. The molecular weight excluding hydrogens is 232 g/mol. The molecule has 3 N–H and O–H groups in total. The van der Waals surface area contributed by atoms with Gasteiger partial charge >= 0.3 is 5.97 Å². The number of nitrogens with two attached hydrogens (primary N) is 1. The molecule has 0 heterocycles. The van der Waals surface area contributed by atoms with Gasteiger partial charge in [-0.05, 0) is 26.0 Å². The minimum absolute atomic E-state index is 0.230. The summed E-state index contributed by atoms with van der Waals surface area (Å²) in [4.78, 5) is 13.1. The molecule has 0 fully saturated rings. The minimum atomic E-state index is -0.966. The number of carbonyl (C=O) groups is 1. The number of para-hydroxylation sites is 1. The standard InChI is InChI=1S/C13H20N2O3/c1-3-15(8-9-18-4-2)12-10(13(16)17)6-5-7-11(12)14/h5-7H,3-4,8-9,14H2,1-2H3,(H,16,17). The molecule has 5 heteroatoms. The van der Waals surface area contributed by atoms with Gasteiger partial charge in [0.05, 0.1) is 23.5 Å². The number of ether oxygens (including phenoxy) is 1. The third-order valence-electron chi connectivity index (χ3n) is 2.71. The molecule has 0 spiro atoms. The Kier molecular flexibility index (Phi) is 5.45. The minimum Gasteiger partial charge on any atom is -0.478 e. The van der Waals surface area contributed by atoms with Crippen LogP contribution in [0.4, 0.5) is 11.4 Å². The van der Waals surface area contributed by atoms with Crippen molar-refractivity contribution in [2.45, 2.75) is 13.8 Å². The van der Waals surface area contributed by atoms with Crippen LogP contribution >= 0.6 is 0 Å². The summed E-state index contributed by atoms with van der Waals surface area (Å²) in [5.41, 5.74) is 7.18. The van der Waals surface area contributed by atoms with E-state index in [4.69, 9.17) is 10.5 Å². The first kappa shape index (κ1) is 14.3. The number of hydrogen-bond donors (Lipinski definition) is 2. The number of likely N-dealkylation sites (N-methyl/N-ethyl adjacent to an activating group) is 1. The van der Waals surface area contributed by atoms with Crippen LogP contribution in [0, 0.1) is 0 Å². The van der Waals surface area contributed by atoms with Gasteiger partial charge in [-0.2, -0.15) is 0 Å². The van der Waals surface area contributed by atoms with E-state index >= 15 is 0 Å². The Hall–Kier alpha value is -1.75. The van der Waals surface area contributed by atoms with Crippen molar-refractivity contribution in [1.82, 2.24) is 0 Å². The number of rotatable bonds is 7. The Bertz CT molecular complexity index is 407. The molecule has 0 atom stereocenters. The Balaban J connectivity index is 3.00. The van der Waals surface area contributed by atoms with Gasteiger partial charge in [0.1, 0.15) is 0 Å². The van der Waals surface area contributed by atoms with E-state index in [1.54, 1.807) is 18.2 Å². The molecule has 100 valence electrons. The van der Waals surface area contributed by atoms with Gasteiger partial charge in [-0.1, -0.05) is 6.07 Å². The van der Waals surface area contributed by atoms with Crippen LogP contribution in [0.15, 0.2) is 18.2 Å². The number of nitrogens with zero attached hydrogens (tertiary/aromatic N) is 1. The molecule has 0 aliphatic rings. The zero-order valence-corrected chi connectivity index (χ0v) is 10.8. The maximum absolute atomic E-state index is 11.2. The van der Waals surface area contributed by atoms with Crippen LogP contribution in [0.5, 0.6) is 0 Å². The fourth-order valence-electron chi connectivity index (χ4n) is 1.83. The number of aromatic carboxylic acids is 1. The highest BCUT2D eigenvalue weighted by Gasteiger charge is 2.17. The maximum Gasteiger partial charge on any atom is 0.337 e. The number of nitrogen functional groups attached to an aromatic ring is 1. The molecule has 0 aliphatic carbocycles. The number of benzene rings is 1. The summed E-state index contributed by atoms with van der Waals surface area (Å²) in [6.45, 7) is 6.39. The third kappa shape index (κ3) is 3.37. The van der Waals surface area contributed by atoms with Crippen LogP contribution in [0.2, 0.25) is 0 Å². The van der Waals surface area contributed by atoms with E-state index in [0.717, 1.165) is 0 Å². The van der Waals surface area contributed by atoms with Crippen LogP contribution in [-0.2, 0) is 4.74 Å². The van der Waals surface area contributed by atoms with Crippen molar-refractivity contribution < 1.29 is 14.6 Å². The van der Waals surface area contributed by atoms with Gasteiger partial charge in [0, 0.05) is 19.7 Å². The summed E-state index contributed by atoms with van der Waals surface area (Å²) in [6, 6.07) is 4.93. The number of anilines is 2. The predicted molar refractivity (Wildman–Crippen MR) is 72.2 cm³/mol. The molecule has 1 aromatic rings. The molecule has 0 amide bonds. The first-order chi connectivity index (χ1) is 8.61. The SMILES string of the molecule is CCOCCN(CC)c1c(N)cccc1C(=O)O. The predicted octanol–water partition coefficient (Wildman–Crippen LogP) is 1.83. The monoisotopic (exact) mass is 252 g/mol. The van der Waals surface area contributed by atoms with E-state index < -0.39 is 5.97 Å². The van der Waals surface area contributed by atoms with Crippen molar-refractivity contribution >= 4 is 17.3 Å². The van der Waals surface area contributed by atoms with Crippen molar-refractivity contribution in [3.05, 3.63) is 23.8 Å². The molecule has 0 radical (unpaired) electrons. The topological polar surface area (TPSA) is 75.8 Å². The Morgan fingerprint density at radius 2 is 2.17 bits per heavy atom. The summed E-state index contributed by atoms with van der Waals surface area (Å²) in [5, 5.41) is 9.19. The molecule has 5 nitrogen and oxygen atoms in total. The molecule has 0 aromatic heterocycles. The van der Waals surface area contributed by atoms with Crippen LogP contribution in [0.25, 0.3) is 0 Å². The first-order valence-electron chi connectivity index (χ1n) is 6.06. The van der Waals surface area contributed by atoms with Crippen molar-refractivity contribution in [3.8, 4) is 0 Å². The molecule has 1 aromatic carbocycles. The molecule has 0 aliphatic heterocycles. The summed E-state index contributed by atoms with van der Waals surface area (Å²) in [6.07, 6.45) is 0. The zero-order valence-electron chi connectivity index (χ0n) is 10.8. The van der Waals surface area contributed by atoms with Gasteiger partial charge in [0.15, 0.2) is 0 Å². The second-order valence-corrected chi connectivity index (χ2v) is 3.83. The van der Waals surface area contributed by atoms with Crippen molar-refractivity contribution in [1.29, 1.82) is 0 Å². The second kappa shape index (κ2) is 6.86. The van der Waals surface area contributed by atoms with Crippen LogP contribution in [-0.4, -0.2) is 37.4 Å². The molecule has 18 heavy (non-hydrogen) atoms. The maximum atomic E-state index is 11.2. The van der Waals surface area contributed by atoms with Gasteiger partial charge in [0.2, 0.25) is 0 Å². The van der Waals surface area contributed by atoms with E-state index in [9.17, 15) is 9.90 Å². The van der Waals surface area contributed by atoms with Gasteiger partial charge in [-0.3, -0.25) is 0 Å². The normalized spacial score (nSPS) is 10.3. The summed E-state index contributed by atoms with van der Waals surface area (Å²) in [5.74, 6) is -0.966. The lowest BCUT2D eigenvalue weighted by Crippen LogP contribution is -2.29. The number of carboxylic acids is 1. The fraction of sp³-hybridized carbons (Fsp3) is 0.462. The largest absolute Gasteiger partial charge is 0.478 e. The average Bonchev–Trinajstić information content (AvgIpc) is 2.35. The fourth-order valence-corrected chi connectivity index (χ4v) is 1.83. The third-order valence-corrected chi connectivity index (χ3v) is 2.71. The average molecular weight is 252 g/mol. The van der Waals surface area contributed by atoms with Crippen LogP contribution in [0.1, 0.15) is 24.2 Å². The van der Waals surface area contributed by atoms with Crippen LogP contribution in [0.3, 0.4) is 0 Å². The number of hydrogen-bond acceptors (Lipinski definition) is 4. The van der Waals surface area contributed by atoms with Gasteiger partial charge in [-0.25, -0.2) is 4.79 Å². The first-order valence-corrected chi connectivity index (χ1v) is 6.06. The lowest BCUT2D eigenvalue weighted by molar-refractivity contribution is 0.0697. The van der Waals surface area contributed by atoms with E-state index in [-0.39, 0.29) is 5.56 Å². The van der Waals surface area contributed by atoms with Crippen molar-refractivity contribution in [2.75, 3.05) is 36.9 Å². The van der Waals surface area contributed by atoms with Gasteiger partial charge in [-0.15, -0.1) is 0 Å². The zero-order chi connectivity index (χ0) is 13.5. The highest BCUT2D eigenvalue weighted by molar-refractivity contribution is 5.98. The van der Waals surface area contributed by atoms with E-state index in [1.165, 1.54) is 0 Å². The summed E-state index contributed by atoms with van der Waals surface area (Å²) < 4.78 is 5.30. The van der Waals surface area contributed by atoms with Crippen LogP contribution < -0.4 is 10.6 Å². The van der Waals surface area contributed by atoms with E-state index in [1.807, 2.05) is 18.7 Å². The second-order valence-electron chi connectivity index (χ2n) is 3.83. The lowest BCUT2D eigenvalue weighted by Gasteiger charge is -2.26. The quantitative estimate of drug-likeness (QED) is 0.572. The molecule has 0 bridgehead atoms. The smallest absolute Gasteiger partial charge is 0.337 e. The Labute approximate surface area is 107 Å².